The highest BCUT2D eigenvalue weighted by Crippen LogP contribution is 2.38. The smallest absolute Gasteiger partial charge is 0.0826 e. The van der Waals surface area contributed by atoms with Crippen LogP contribution in [0.2, 0.25) is 0 Å². The minimum atomic E-state index is -0.441. The first-order valence-corrected chi connectivity index (χ1v) is 10.5. The molecule has 0 spiro atoms. The van der Waals surface area contributed by atoms with Crippen LogP contribution >= 0.6 is 11.8 Å². The van der Waals surface area contributed by atoms with Crippen molar-refractivity contribution in [3.8, 4) is 0 Å². The first-order valence-electron chi connectivity index (χ1n) is 9.49. The highest BCUT2D eigenvalue weighted by atomic mass is 32.2. The summed E-state index contributed by atoms with van der Waals surface area (Å²) in [6.07, 6.45) is 6.45. The molecule has 3 rings (SSSR count). The summed E-state index contributed by atoms with van der Waals surface area (Å²) in [7, 11) is 0. The highest BCUT2D eigenvalue weighted by molar-refractivity contribution is 7.99. The Hall–Kier alpha value is -0.550. The van der Waals surface area contributed by atoms with Gasteiger partial charge in [-0.3, -0.25) is 4.90 Å². The molecule has 3 nitrogen and oxygen atoms in total. The van der Waals surface area contributed by atoms with E-state index in [0.29, 0.717) is 6.04 Å². The van der Waals surface area contributed by atoms with Gasteiger partial charge in [0, 0.05) is 35.8 Å². The van der Waals surface area contributed by atoms with Gasteiger partial charge in [0.1, 0.15) is 0 Å². The third-order valence-corrected chi connectivity index (χ3v) is 7.06. The molecule has 1 aromatic carbocycles. The van der Waals surface area contributed by atoms with Crippen LogP contribution in [0.1, 0.15) is 39.0 Å². The van der Waals surface area contributed by atoms with Crippen LogP contribution in [0.4, 0.5) is 0 Å². The lowest BCUT2D eigenvalue weighted by atomic mass is 9.73. The molecule has 4 heteroatoms. The number of β-amino-alcohol motifs (C(OH)–C–C–N with tert-alkyl or cyclic N) is 1. The predicted octanol–water partition coefficient (Wildman–Crippen LogP) is 3.37. The summed E-state index contributed by atoms with van der Waals surface area (Å²) < 4.78 is 0. The van der Waals surface area contributed by atoms with E-state index in [1.54, 1.807) is 11.8 Å². The number of likely N-dealkylation sites (tertiary alicyclic amines) is 1. The second-order valence-electron chi connectivity index (χ2n) is 7.70. The van der Waals surface area contributed by atoms with Crippen molar-refractivity contribution in [1.29, 1.82) is 0 Å². The van der Waals surface area contributed by atoms with Crippen LogP contribution in [0.3, 0.4) is 0 Å². The van der Waals surface area contributed by atoms with Crippen molar-refractivity contribution in [2.75, 3.05) is 18.8 Å². The maximum atomic E-state index is 10.6. The van der Waals surface area contributed by atoms with Crippen LogP contribution < -0.4 is 5.73 Å². The Balaban J connectivity index is 1.47. The SMILES string of the molecule is CC1C[C@@H]2CCCC[C@@H]2CN1CC(O)C(N)CSc1ccccc1. The van der Waals surface area contributed by atoms with Crippen molar-refractivity contribution < 1.29 is 5.11 Å². The van der Waals surface area contributed by atoms with Gasteiger partial charge in [-0.15, -0.1) is 11.8 Å². The zero-order valence-corrected chi connectivity index (χ0v) is 15.6. The van der Waals surface area contributed by atoms with Gasteiger partial charge in [-0.2, -0.15) is 0 Å². The molecule has 5 atom stereocenters. The molecular formula is C20H32N2OS. The van der Waals surface area contributed by atoms with Crippen LogP contribution in [0.25, 0.3) is 0 Å². The van der Waals surface area contributed by atoms with Crippen molar-refractivity contribution in [2.24, 2.45) is 17.6 Å². The molecule has 0 bridgehead atoms. The molecule has 2 fully saturated rings. The van der Waals surface area contributed by atoms with Gasteiger partial charge in [0.05, 0.1) is 6.10 Å². The maximum Gasteiger partial charge on any atom is 0.0826 e. The number of fused-ring (bicyclic) bond motifs is 1. The lowest BCUT2D eigenvalue weighted by molar-refractivity contribution is 0.00907. The summed E-state index contributed by atoms with van der Waals surface area (Å²) >= 11 is 1.73. The number of aliphatic hydroxyl groups is 1. The Morgan fingerprint density at radius 2 is 1.92 bits per heavy atom. The normalized spacial score (nSPS) is 30.5. The third-order valence-electron chi connectivity index (χ3n) is 5.90. The van der Waals surface area contributed by atoms with Crippen LogP contribution in [0, 0.1) is 11.8 Å². The largest absolute Gasteiger partial charge is 0.390 e. The van der Waals surface area contributed by atoms with Gasteiger partial charge in [-0.1, -0.05) is 37.5 Å². The number of rotatable bonds is 6. The molecule has 3 N–H and O–H groups in total. The van der Waals surface area contributed by atoms with E-state index in [2.05, 4.69) is 24.0 Å². The van der Waals surface area contributed by atoms with Crippen LogP contribution in [-0.2, 0) is 0 Å². The van der Waals surface area contributed by atoms with E-state index in [1.807, 2.05) is 18.2 Å². The lowest BCUT2D eigenvalue weighted by Crippen LogP contribution is -2.52. The minimum Gasteiger partial charge on any atom is -0.390 e. The Morgan fingerprint density at radius 3 is 2.67 bits per heavy atom. The van der Waals surface area contributed by atoms with Crippen molar-refractivity contribution >= 4 is 11.8 Å². The van der Waals surface area contributed by atoms with E-state index in [9.17, 15) is 5.11 Å². The van der Waals surface area contributed by atoms with E-state index in [0.717, 1.165) is 30.7 Å². The fraction of sp³-hybridized carbons (Fsp3) is 0.700. The molecular weight excluding hydrogens is 316 g/mol. The van der Waals surface area contributed by atoms with E-state index in [1.165, 1.54) is 37.0 Å². The summed E-state index contributed by atoms with van der Waals surface area (Å²) in [5, 5.41) is 10.6. The zero-order chi connectivity index (χ0) is 16.9. The van der Waals surface area contributed by atoms with Crippen LogP contribution in [-0.4, -0.2) is 47.0 Å². The molecule has 1 heterocycles. The van der Waals surface area contributed by atoms with Gasteiger partial charge in [0.25, 0.3) is 0 Å². The first-order chi connectivity index (χ1) is 11.6. The summed E-state index contributed by atoms with van der Waals surface area (Å²) in [6.45, 7) is 4.20. The van der Waals surface area contributed by atoms with Crippen molar-refractivity contribution in [1.82, 2.24) is 4.90 Å². The number of hydrogen-bond donors (Lipinski definition) is 2. The molecule has 3 unspecified atom stereocenters. The van der Waals surface area contributed by atoms with Gasteiger partial charge in [0.15, 0.2) is 0 Å². The summed E-state index contributed by atoms with van der Waals surface area (Å²) in [5.74, 6) is 2.53. The van der Waals surface area contributed by atoms with Crippen molar-refractivity contribution in [3.63, 3.8) is 0 Å². The molecule has 1 saturated carbocycles. The van der Waals surface area contributed by atoms with E-state index < -0.39 is 6.10 Å². The van der Waals surface area contributed by atoms with Gasteiger partial charge >= 0.3 is 0 Å². The molecule has 1 aliphatic heterocycles. The van der Waals surface area contributed by atoms with Crippen molar-refractivity contribution in [2.45, 2.75) is 62.1 Å². The van der Waals surface area contributed by atoms with Gasteiger partial charge in [0.2, 0.25) is 0 Å². The molecule has 0 amide bonds. The maximum absolute atomic E-state index is 10.6. The van der Waals surface area contributed by atoms with Gasteiger partial charge in [-0.25, -0.2) is 0 Å². The number of thioether (sulfide) groups is 1. The number of benzene rings is 1. The average molecular weight is 349 g/mol. The topological polar surface area (TPSA) is 49.5 Å². The Morgan fingerprint density at radius 1 is 1.21 bits per heavy atom. The zero-order valence-electron chi connectivity index (χ0n) is 14.8. The molecule has 1 aromatic rings. The molecule has 24 heavy (non-hydrogen) atoms. The summed E-state index contributed by atoms with van der Waals surface area (Å²) in [5.41, 5.74) is 6.26. The number of piperidine rings is 1. The fourth-order valence-corrected chi connectivity index (χ4v) is 5.31. The predicted molar refractivity (Wildman–Crippen MR) is 102 cm³/mol. The number of nitrogens with two attached hydrogens (primary N) is 1. The van der Waals surface area contributed by atoms with Gasteiger partial charge in [-0.05, 0) is 43.7 Å². The summed E-state index contributed by atoms with van der Waals surface area (Å²) in [6, 6.07) is 10.7. The van der Waals surface area contributed by atoms with Crippen LogP contribution in [0.15, 0.2) is 35.2 Å². The fourth-order valence-electron chi connectivity index (χ4n) is 4.35. The Bertz CT molecular complexity index is 498. The third kappa shape index (κ3) is 4.75. The quantitative estimate of drug-likeness (QED) is 0.774. The first kappa shape index (κ1) is 18.2. The van der Waals surface area contributed by atoms with Crippen LogP contribution in [0.5, 0.6) is 0 Å². The van der Waals surface area contributed by atoms with E-state index in [4.69, 9.17) is 5.73 Å². The summed E-state index contributed by atoms with van der Waals surface area (Å²) in [4.78, 5) is 3.71. The Labute approximate surface area is 151 Å². The molecule has 0 aromatic heterocycles. The number of hydrogen-bond acceptors (Lipinski definition) is 4. The molecule has 1 aliphatic carbocycles. The minimum absolute atomic E-state index is 0.175. The van der Waals surface area contributed by atoms with E-state index >= 15 is 0 Å². The molecule has 1 saturated heterocycles. The lowest BCUT2D eigenvalue weighted by Gasteiger charge is -2.46. The van der Waals surface area contributed by atoms with Gasteiger partial charge < -0.3 is 10.8 Å². The number of nitrogens with zero attached hydrogens (tertiary/aromatic N) is 1. The van der Waals surface area contributed by atoms with E-state index in [-0.39, 0.29) is 6.04 Å². The molecule has 134 valence electrons. The number of aliphatic hydroxyl groups excluding tert-OH is 1. The second kappa shape index (κ2) is 8.70. The molecule has 2 aliphatic rings. The second-order valence-corrected chi connectivity index (χ2v) is 8.79. The molecule has 0 radical (unpaired) electrons. The monoisotopic (exact) mass is 348 g/mol. The standard InChI is InChI=1S/C20H32N2OS/c1-15-11-16-7-5-6-8-17(16)12-22(15)13-20(23)19(21)14-24-18-9-3-2-4-10-18/h2-4,9-10,15-17,19-20,23H,5-8,11-14,21H2,1H3/t15?,16-,17+,19?,20?/m0/s1. The van der Waals surface area contributed by atoms with Crippen molar-refractivity contribution in [3.05, 3.63) is 30.3 Å². The average Bonchev–Trinajstić information content (AvgIpc) is 2.61. The Kier molecular flexibility index (Phi) is 6.62. The highest BCUT2D eigenvalue weighted by Gasteiger charge is 2.35.